The van der Waals surface area contributed by atoms with E-state index in [9.17, 15) is 5.26 Å². The molecule has 2 rings (SSSR count). The largest absolute Gasteiger partial charge is 0.198 e. The molecule has 0 saturated heterocycles. The van der Waals surface area contributed by atoms with E-state index in [1.165, 1.54) is 96.3 Å². The van der Waals surface area contributed by atoms with E-state index >= 15 is 0 Å². The van der Waals surface area contributed by atoms with Gasteiger partial charge >= 0.3 is 0 Å². The van der Waals surface area contributed by atoms with Gasteiger partial charge < -0.3 is 0 Å². The van der Waals surface area contributed by atoms with Gasteiger partial charge in [-0.3, -0.25) is 0 Å². The molecular weight excluding hydrogens is 278 g/mol. The maximum absolute atomic E-state index is 9.95. The lowest BCUT2D eigenvalue weighted by Gasteiger charge is -2.48. The van der Waals surface area contributed by atoms with Crippen molar-refractivity contribution in [1.29, 1.82) is 5.26 Å². The molecule has 2 saturated carbocycles. The molecule has 4 atom stereocenters. The fourth-order valence-electron chi connectivity index (χ4n) is 5.37. The van der Waals surface area contributed by atoms with E-state index in [-0.39, 0.29) is 5.41 Å². The monoisotopic (exact) mass is 317 g/mol. The summed E-state index contributed by atoms with van der Waals surface area (Å²) in [5.74, 6) is 2.49. The van der Waals surface area contributed by atoms with Crippen LogP contribution in [-0.4, -0.2) is 0 Å². The quantitative estimate of drug-likeness (QED) is 0.410. The first-order valence-electron chi connectivity index (χ1n) is 10.6. The molecule has 1 nitrogen and oxygen atoms in total. The summed E-state index contributed by atoms with van der Waals surface area (Å²) in [6.45, 7) is 4.58. The highest BCUT2D eigenvalue weighted by atomic mass is 14.5. The Morgan fingerprint density at radius 2 is 1.57 bits per heavy atom. The molecule has 132 valence electrons. The molecule has 0 aromatic heterocycles. The van der Waals surface area contributed by atoms with E-state index in [0.717, 1.165) is 17.8 Å². The van der Waals surface area contributed by atoms with Crippen LogP contribution in [0.3, 0.4) is 0 Å². The summed E-state index contributed by atoms with van der Waals surface area (Å²) in [6, 6.07) is 2.84. The van der Waals surface area contributed by atoms with Gasteiger partial charge in [0.2, 0.25) is 0 Å². The molecule has 4 unspecified atom stereocenters. The highest BCUT2D eigenvalue weighted by molar-refractivity contribution is 5.08. The van der Waals surface area contributed by atoms with Gasteiger partial charge in [-0.05, 0) is 49.9 Å². The molecule has 2 aliphatic carbocycles. The molecule has 0 aromatic rings. The predicted molar refractivity (Wildman–Crippen MR) is 99.1 cm³/mol. The van der Waals surface area contributed by atoms with Gasteiger partial charge in [0.1, 0.15) is 0 Å². The number of hydrogen-bond acceptors (Lipinski definition) is 1. The Labute approximate surface area is 145 Å². The molecule has 0 aliphatic heterocycles. The second-order valence-electron chi connectivity index (χ2n) is 8.60. The lowest BCUT2D eigenvalue weighted by Crippen LogP contribution is -2.40. The number of hydrogen-bond donors (Lipinski definition) is 0. The average molecular weight is 318 g/mol. The minimum Gasteiger partial charge on any atom is -0.198 e. The molecular formula is C22H39N. The molecule has 0 N–H and O–H groups in total. The lowest BCUT2D eigenvalue weighted by molar-refractivity contribution is 0.0366. The number of nitriles is 1. The second kappa shape index (κ2) is 9.71. The third-order valence-corrected chi connectivity index (χ3v) is 6.88. The van der Waals surface area contributed by atoms with Crippen LogP contribution >= 0.6 is 0 Å². The first-order valence-corrected chi connectivity index (χ1v) is 10.6. The summed E-state index contributed by atoms with van der Waals surface area (Å²) in [5.41, 5.74) is 0.0645. The smallest absolute Gasteiger partial charge is 0.0692 e. The minimum atomic E-state index is 0.0645. The standard InChI is InChI=1S/C22H39N/c1-3-5-7-9-10-19-14-15-22(18-23)17-20(11-8-6-4-2)12-13-21(22)16-19/h19-21H,3-17H2,1-2H3. The Kier molecular flexibility index (Phi) is 7.94. The number of rotatable bonds is 9. The van der Waals surface area contributed by atoms with Crippen molar-refractivity contribution in [2.45, 2.75) is 110 Å². The van der Waals surface area contributed by atoms with Gasteiger partial charge in [0.25, 0.3) is 0 Å². The van der Waals surface area contributed by atoms with Crippen LogP contribution in [0, 0.1) is 34.5 Å². The van der Waals surface area contributed by atoms with Crippen molar-refractivity contribution in [3.05, 3.63) is 0 Å². The molecule has 1 heteroatoms. The maximum atomic E-state index is 9.95. The number of nitrogens with zero attached hydrogens (tertiary/aromatic N) is 1. The zero-order chi connectivity index (χ0) is 16.5. The number of fused-ring (bicyclic) bond motifs is 1. The van der Waals surface area contributed by atoms with Crippen LogP contribution in [0.15, 0.2) is 0 Å². The van der Waals surface area contributed by atoms with Crippen molar-refractivity contribution < 1.29 is 0 Å². The van der Waals surface area contributed by atoms with Crippen LogP contribution in [0.5, 0.6) is 0 Å². The molecule has 0 aromatic carbocycles. The number of unbranched alkanes of at least 4 members (excludes halogenated alkanes) is 5. The summed E-state index contributed by atoms with van der Waals surface area (Å²) in [6.07, 6.45) is 20.3. The molecule has 0 radical (unpaired) electrons. The highest BCUT2D eigenvalue weighted by Crippen LogP contribution is 2.54. The summed E-state index contributed by atoms with van der Waals surface area (Å²) >= 11 is 0. The van der Waals surface area contributed by atoms with E-state index in [0.29, 0.717) is 0 Å². The van der Waals surface area contributed by atoms with Crippen LogP contribution in [0.1, 0.15) is 110 Å². The van der Waals surface area contributed by atoms with Crippen LogP contribution in [0.25, 0.3) is 0 Å². The van der Waals surface area contributed by atoms with Crippen LogP contribution in [0.2, 0.25) is 0 Å². The van der Waals surface area contributed by atoms with E-state index < -0.39 is 0 Å². The van der Waals surface area contributed by atoms with Gasteiger partial charge in [0, 0.05) is 0 Å². The van der Waals surface area contributed by atoms with Crippen LogP contribution in [0.4, 0.5) is 0 Å². The first-order chi connectivity index (χ1) is 11.2. The Morgan fingerprint density at radius 1 is 0.870 bits per heavy atom. The van der Waals surface area contributed by atoms with Crippen molar-refractivity contribution in [2.75, 3.05) is 0 Å². The third kappa shape index (κ3) is 5.23. The van der Waals surface area contributed by atoms with E-state index in [1.54, 1.807) is 0 Å². The second-order valence-corrected chi connectivity index (χ2v) is 8.60. The van der Waals surface area contributed by atoms with Gasteiger partial charge in [-0.2, -0.15) is 5.26 Å². The minimum absolute atomic E-state index is 0.0645. The van der Waals surface area contributed by atoms with Gasteiger partial charge in [-0.1, -0.05) is 78.1 Å². The van der Waals surface area contributed by atoms with Crippen molar-refractivity contribution in [3.63, 3.8) is 0 Å². The lowest BCUT2D eigenvalue weighted by atomic mass is 9.55. The molecule has 0 bridgehead atoms. The van der Waals surface area contributed by atoms with Crippen molar-refractivity contribution in [1.82, 2.24) is 0 Å². The topological polar surface area (TPSA) is 23.8 Å². The van der Waals surface area contributed by atoms with Gasteiger partial charge in [0.15, 0.2) is 0 Å². The Morgan fingerprint density at radius 3 is 2.30 bits per heavy atom. The summed E-state index contributed by atoms with van der Waals surface area (Å²) in [5, 5.41) is 9.95. The fraction of sp³-hybridized carbons (Fsp3) is 0.955. The van der Waals surface area contributed by atoms with Crippen molar-refractivity contribution in [2.24, 2.45) is 23.2 Å². The van der Waals surface area contributed by atoms with Crippen LogP contribution in [-0.2, 0) is 0 Å². The molecule has 2 fully saturated rings. The molecule has 0 amide bonds. The van der Waals surface area contributed by atoms with E-state index in [4.69, 9.17) is 0 Å². The summed E-state index contributed by atoms with van der Waals surface area (Å²) < 4.78 is 0. The zero-order valence-corrected chi connectivity index (χ0v) is 15.8. The molecule has 0 spiro atoms. The predicted octanol–water partition coefficient (Wildman–Crippen LogP) is 7.26. The Hall–Kier alpha value is -0.510. The fourth-order valence-corrected chi connectivity index (χ4v) is 5.37. The molecule has 23 heavy (non-hydrogen) atoms. The Bertz CT molecular complexity index is 369. The van der Waals surface area contributed by atoms with Crippen LogP contribution < -0.4 is 0 Å². The van der Waals surface area contributed by atoms with Crippen molar-refractivity contribution in [3.8, 4) is 6.07 Å². The summed E-state index contributed by atoms with van der Waals surface area (Å²) in [4.78, 5) is 0. The first kappa shape index (κ1) is 18.8. The maximum Gasteiger partial charge on any atom is 0.0692 e. The highest BCUT2D eigenvalue weighted by Gasteiger charge is 2.47. The van der Waals surface area contributed by atoms with E-state index in [1.807, 2.05) is 0 Å². The van der Waals surface area contributed by atoms with Gasteiger partial charge in [-0.15, -0.1) is 0 Å². The van der Waals surface area contributed by atoms with Gasteiger partial charge in [0.05, 0.1) is 11.5 Å². The van der Waals surface area contributed by atoms with Crippen molar-refractivity contribution >= 4 is 0 Å². The average Bonchev–Trinajstić information content (AvgIpc) is 2.59. The SMILES string of the molecule is CCCCCCC1CCC2(C#N)CC(CCCCC)CCC2C1. The summed E-state index contributed by atoms with van der Waals surface area (Å²) in [7, 11) is 0. The Balaban J connectivity index is 1.81. The van der Waals surface area contributed by atoms with E-state index in [2.05, 4.69) is 19.9 Å². The molecule has 0 heterocycles. The zero-order valence-electron chi connectivity index (χ0n) is 15.8. The third-order valence-electron chi connectivity index (χ3n) is 6.88. The van der Waals surface area contributed by atoms with Gasteiger partial charge in [-0.25, -0.2) is 0 Å². The molecule has 2 aliphatic rings. The normalized spacial score (nSPS) is 33.9.